The zero-order valence-electron chi connectivity index (χ0n) is 10.6. The third-order valence-corrected chi connectivity index (χ3v) is 4.09. The molecule has 0 saturated heterocycles. The van der Waals surface area contributed by atoms with Gasteiger partial charge in [0.2, 0.25) is 0 Å². The number of nitrogens with zero attached hydrogens (tertiary/aromatic N) is 2. The number of hydrogen-bond acceptors (Lipinski definition) is 3. The number of rotatable bonds is 3. The van der Waals surface area contributed by atoms with Crippen LogP contribution >= 0.6 is 11.6 Å². The van der Waals surface area contributed by atoms with Gasteiger partial charge in [-0.25, -0.2) is 4.98 Å². The standard InChI is InChI=1S/C15H13ClN2O/c1-10(15(9-17)5-6-15)19-12-2-3-13-11(8-12)4-7-18-14(13)16/h2-4,7-8,10H,5-6H2,1H3. The van der Waals surface area contributed by atoms with E-state index < -0.39 is 0 Å². The second-order valence-corrected chi connectivity index (χ2v) is 5.37. The first-order valence-electron chi connectivity index (χ1n) is 6.27. The third kappa shape index (κ3) is 2.13. The molecule has 1 fully saturated rings. The van der Waals surface area contributed by atoms with Crippen LogP contribution in [-0.2, 0) is 0 Å². The van der Waals surface area contributed by atoms with Gasteiger partial charge < -0.3 is 4.74 Å². The fourth-order valence-corrected chi connectivity index (χ4v) is 2.48. The molecule has 4 heteroatoms. The van der Waals surface area contributed by atoms with Crippen LogP contribution in [0.5, 0.6) is 5.75 Å². The van der Waals surface area contributed by atoms with Gasteiger partial charge in [-0.3, -0.25) is 0 Å². The van der Waals surface area contributed by atoms with Gasteiger partial charge in [0.1, 0.15) is 17.0 Å². The summed E-state index contributed by atoms with van der Waals surface area (Å²) in [6.07, 6.45) is 3.43. The van der Waals surface area contributed by atoms with Crippen molar-refractivity contribution in [1.82, 2.24) is 4.98 Å². The van der Waals surface area contributed by atoms with Gasteiger partial charge in [-0.05, 0) is 49.4 Å². The zero-order valence-corrected chi connectivity index (χ0v) is 11.3. The number of hydrogen-bond donors (Lipinski definition) is 0. The van der Waals surface area contributed by atoms with Crippen molar-refractivity contribution in [2.75, 3.05) is 0 Å². The zero-order chi connectivity index (χ0) is 13.5. The Labute approximate surface area is 116 Å². The minimum Gasteiger partial charge on any atom is -0.489 e. The second kappa shape index (κ2) is 4.40. The maximum atomic E-state index is 9.16. The summed E-state index contributed by atoms with van der Waals surface area (Å²) in [6.45, 7) is 1.96. The molecular formula is C15H13ClN2O. The van der Waals surface area contributed by atoms with Crippen molar-refractivity contribution in [3.05, 3.63) is 35.6 Å². The fraction of sp³-hybridized carbons (Fsp3) is 0.333. The van der Waals surface area contributed by atoms with E-state index in [0.29, 0.717) is 5.15 Å². The molecule has 1 aliphatic carbocycles. The number of ether oxygens (including phenoxy) is 1. The topological polar surface area (TPSA) is 45.9 Å². The van der Waals surface area contributed by atoms with Gasteiger partial charge in [-0.1, -0.05) is 11.6 Å². The molecule has 0 spiro atoms. The summed E-state index contributed by atoms with van der Waals surface area (Å²) in [6, 6.07) is 9.97. The molecule has 96 valence electrons. The molecule has 1 atom stereocenters. The van der Waals surface area contributed by atoms with E-state index in [9.17, 15) is 0 Å². The summed E-state index contributed by atoms with van der Waals surface area (Å²) in [5.74, 6) is 0.767. The molecule has 0 aliphatic heterocycles. The van der Waals surface area contributed by atoms with Crippen LogP contribution in [0.3, 0.4) is 0 Å². The molecule has 3 nitrogen and oxygen atoms in total. The van der Waals surface area contributed by atoms with Gasteiger partial charge in [-0.2, -0.15) is 5.26 Å². The average Bonchev–Trinajstić information content (AvgIpc) is 3.20. The minimum atomic E-state index is -0.287. The summed E-state index contributed by atoms with van der Waals surface area (Å²) in [5, 5.41) is 11.6. The molecule has 0 amide bonds. The number of aromatic nitrogens is 1. The molecule has 0 bridgehead atoms. The summed E-state index contributed by atoms with van der Waals surface area (Å²) in [7, 11) is 0. The van der Waals surface area contributed by atoms with E-state index in [-0.39, 0.29) is 11.5 Å². The highest BCUT2D eigenvalue weighted by molar-refractivity contribution is 6.34. The van der Waals surface area contributed by atoms with Gasteiger partial charge in [0.15, 0.2) is 0 Å². The molecule has 2 aromatic rings. The van der Waals surface area contributed by atoms with Crippen molar-refractivity contribution in [2.45, 2.75) is 25.9 Å². The van der Waals surface area contributed by atoms with E-state index in [1.54, 1.807) is 6.20 Å². The molecule has 1 saturated carbocycles. The van der Waals surface area contributed by atoms with E-state index in [2.05, 4.69) is 11.1 Å². The quantitative estimate of drug-likeness (QED) is 0.795. The molecule has 0 N–H and O–H groups in total. The van der Waals surface area contributed by atoms with E-state index in [1.165, 1.54) is 0 Å². The summed E-state index contributed by atoms with van der Waals surface area (Å²) in [5.41, 5.74) is -0.287. The molecule has 1 aliphatic rings. The first kappa shape index (κ1) is 12.3. The van der Waals surface area contributed by atoms with Crippen molar-refractivity contribution in [3.63, 3.8) is 0 Å². The average molecular weight is 273 g/mol. The molecule has 1 aromatic heterocycles. The predicted octanol–water partition coefficient (Wildman–Crippen LogP) is 3.96. The number of halogens is 1. The van der Waals surface area contributed by atoms with Crippen molar-refractivity contribution >= 4 is 22.4 Å². The van der Waals surface area contributed by atoms with Gasteiger partial charge in [0.25, 0.3) is 0 Å². The normalized spacial score (nSPS) is 17.7. The minimum absolute atomic E-state index is 0.0905. The highest BCUT2D eigenvalue weighted by Gasteiger charge is 2.49. The van der Waals surface area contributed by atoms with Crippen LogP contribution < -0.4 is 4.74 Å². The molecule has 1 heterocycles. The largest absolute Gasteiger partial charge is 0.489 e. The number of pyridine rings is 1. The van der Waals surface area contributed by atoms with Gasteiger partial charge in [-0.15, -0.1) is 0 Å². The smallest absolute Gasteiger partial charge is 0.136 e. The fourth-order valence-electron chi connectivity index (χ4n) is 2.25. The Kier molecular flexibility index (Phi) is 2.83. The Bertz CT molecular complexity index is 673. The molecular weight excluding hydrogens is 260 g/mol. The number of benzene rings is 1. The lowest BCUT2D eigenvalue weighted by molar-refractivity contribution is 0.167. The summed E-state index contributed by atoms with van der Waals surface area (Å²) < 4.78 is 5.89. The molecule has 1 unspecified atom stereocenters. The van der Waals surface area contributed by atoms with Crippen molar-refractivity contribution < 1.29 is 4.74 Å². The summed E-state index contributed by atoms with van der Waals surface area (Å²) >= 11 is 6.03. The number of fused-ring (bicyclic) bond motifs is 1. The lowest BCUT2D eigenvalue weighted by Crippen LogP contribution is -2.23. The van der Waals surface area contributed by atoms with Crippen LogP contribution in [0.15, 0.2) is 30.5 Å². The maximum absolute atomic E-state index is 9.16. The highest BCUT2D eigenvalue weighted by Crippen LogP contribution is 2.49. The van der Waals surface area contributed by atoms with Crippen LogP contribution in [0.2, 0.25) is 5.15 Å². The first-order valence-corrected chi connectivity index (χ1v) is 6.65. The Morgan fingerprint density at radius 2 is 2.21 bits per heavy atom. The van der Waals surface area contributed by atoms with Gasteiger partial charge in [0.05, 0.1) is 11.5 Å². The predicted molar refractivity (Wildman–Crippen MR) is 74.1 cm³/mol. The third-order valence-electron chi connectivity index (χ3n) is 3.79. The first-order chi connectivity index (χ1) is 9.14. The maximum Gasteiger partial charge on any atom is 0.136 e. The lowest BCUT2D eigenvalue weighted by Gasteiger charge is -2.19. The van der Waals surface area contributed by atoms with Crippen LogP contribution in [0.25, 0.3) is 10.8 Å². The lowest BCUT2D eigenvalue weighted by atomic mass is 10.0. The Morgan fingerprint density at radius 1 is 1.42 bits per heavy atom. The molecule has 19 heavy (non-hydrogen) atoms. The Balaban J connectivity index is 1.88. The van der Waals surface area contributed by atoms with Crippen LogP contribution in [0.4, 0.5) is 0 Å². The summed E-state index contributed by atoms with van der Waals surface area (Å²) in [4.78, 5) is 4.04. The van der Waals surface area contributed by atoms with E-state index in [4.69, 9.17) is 21.6 Å². The monoisotopic (exact) mass is 272 g/mol. The van der Waals surface area contributed by atoms with Crippen LogP contribution in [-0.4, -0.2) is 11.1 Å². The van der Waals surface area contributed by atoms with E-state index >= 15 is 0 Å². The van der Waals surface area contributed by atoms with E-state index in [0.717, 1.165) is 29.4 Å². The highest BCUT2D eigenvalue weighted by atomic mass is 35.5. The van der Waals surface area contributed by atoms with E-state index in [1.807, 2.05) is 31.2 Å². The van der Waals surface area contributed by atoms with Crippen molar-refractivity contribution in [2.24, 2.45) is 5.41 Å². The Morgan fingerprint density at radius 3 is 2.89 bits per heavy atom. The molecule has 0 radical (unpaired) electrons. The Hall–Kier alpha value is -1.79. The van der Waals surface area contributed by atoms with Crippen molar-refractivity contribution in [3.8, 4) is 11.8 Å². The van der Waals surface area contributed by atoms with Crippen LogP contribution in [0, 0.1) is 16.7 Å². The van der Waals surface area contributed by atoms with Gasteiger partial charge in [0, 0.05) is 11.6 Å². The molecule has 3 rings (SSSR count). The molecule has 1 aromatic carbocycles. The van der Waals surface area contributed by atoms with Crippen LogP contribution in [0.1, 0.15) is 19.8 Å². The second-order valence-electron chi connectivity index (χ2n) is 5.01. The van der Waals surface area contributed by atoms with Crippen molar-refractivity contribution in [1.29, 1.82) is 5.26 Å². The number of nitriles is 1. The SMILES string of the molecule is CC(Oc1ccc2c(Cl)nccc2c1)C1(C#N)CC1. The van der Waals surface area contributed by atoms with Gasteiger partial charge >= 0.3 is 0 Å².